The maximum Gasteiger partial charge on any atom is 0.203 e. The minimum Gasteiger partial charge on any atom is -0.396 e. The van der Waals surface area contributed by atoms with E-state index >= 15 is 0 Å². The van der Waals surface area contributed by atoms with Crippen LogP contribution in [-0.4, -0.2) is 18.4 Å². The van der Waals surface area contributed by atoms with Crippen LogP contribution in [0.5, 0.6) is 0 Å². The first-order valence-electron chi connectivity index (χ1n) is 5.34. The largest absolute Gasteiger partial charge is 0.396 e. The molecule has 0 aliphatic heterocycles. The summed E-state index contributed by atoms with van der Waals surface area (Å²) in [5.41, 5.74) is 7.14. The number of nitrogen functional groups attached to an aromatic ring is 1. The molecule has 2 aromatic heterocycles. The number of nitrogens with two attached hydrogens (primary N) is 1. The predicted octanol–water partition coefficient (Wildman–Crippen LogP) is 1.34. The van der Waals surface area contributed by atoms with Gasteiger partial charge in [-0.3, -0.25) is 4.98 Å². The highest BCUT2D eigenvalue weighted by Gasteiger charge is 2.21. The van der Waals surface area contributed by atoms with E-state index in [-0.39, 0.29) is 16.5 Å². The SMILES string of the molecule is Cc1cccnc1CS(=O)(=O)c1ncccc1N. The summed E-state index contributed by atoms with van der Waals surface area (Å²) in [6.45, 7) is 1.82. The van der Waals surface area contributed by atoms with E-state index in [1.807, 2.05) is 13.0 Å². The molecular weight excluding hydrogens is 250 g/mol. The van der Waals surface area contributed by atoms with Crippen LogP contribution >= 0.6 is 0 Å². The van der Waals surface area contributed by atoms with Crippen LogP contribution in [0, 0.1) is 6.92 Å². The number of aromatic nitrogens is 2. The molecule has 6 heteroatoms. The summed E-state index contributed by atoms with van der Waals surface area (Å²) in [4.78, 5) is 7.91. The van der Waals surface area contributed by atoms with Crippen LogP contribution in [-0.2, 0) is 15.6 Å². The zero-order valence-electron chi connectivity index (χ0n) is 9.87. The van der Waals surface area contributed by atoms with Gasteiger partial charge in [0.2, 0.25) is 9.84 Å². The molecule has 0 aliphatic carbocycles. The average molecular weight is 263 g/mol. The quantitative estimate of drug-likeness (QED) is 0.903. The Balaban J connectivity index is 2.40. The fraction of sp³-hybridized carbons (Fsp3) is 0.167. The Morgan fingerprint density at radius 1 is 1.17 bits per heavy atom. The lowest BCUT2D eigenvalue weighted by molar-refractivity contribution is 0.591. The number of hydrogen-bond acceptors (Lipinski definition) is 5. The van der Waals surface area contributed by atoms with Crippen LogP contribution in [0.2, 0.25) is 0 Å². The molecule has 2 heterocycles. The third-order valence-electron chi connectivity index (χ3n) is 2.54. The highest BCUT2D eigenvalue weighted by molar-refractivity contribution is 7.90. The molecule has 2 rings (SSSR count). The van der Waals surface area contributed by atoms with Crippen molar-refractivity contribution in [2.24, 2.45) is 0 Å². The van der Waals surface area contributed by atoms with E-state index in [2.05, 4.69) is 9.97 Å². The molecule has 0 amide bonds. The van der Waals surface area contributed by atoms with Crippen LogP contribution in [0.1, 0.15) is 11.3 Å². The Morgan fingerprint density at radius 3 is 2.50 bits per heavy atom. The van der Waals surface area contributed by atoms with Gasteiger partial charge in [0.05, 0.1) is 17.1 Å². The second kappa shape index (κ2) is 4.73. The number of nitrogens with zero attached hydrogens (tertiary/aromatic N) is 2. The molecule has 0 spiro atoms. The second-order valence-corrected chi connectivity index (χ2v) is 5.83. The lowest BCUT2D eigenvalue weighted by atomic mass is 10.2. The van der Waals surface area contributed by atoms with Crippen LogP contribution in [0.3, 0.4) is 0 Å². The summed E-state index contributed by atoms with van der Waals surface area (Å²) in [6, 6.07) is 6.70. The molecule has 18 heavy (non-hydrogen) atoms. The highest BCUT2D eigenvalue weighted by Crippen LogP contribution is 2.19. The van der Waals surface area contributed by atoms with Crippen molar-refractivity contribution < 1.29 is 8.42 Å². The Morgan fingerprint density at radius 2 is 1.83 bits per heavy atom. The van der Waals surface area contributed by atoms with E-state index in [0.717, 1.165) is 5.56 Å². The first-order valence-corrected chi connectivity index (χ1v) is 6.99. The number of anilines is 1. The standard InChI is InChI=1S/C12H13N3O2S/c1-9-4-2-6-14-11(9)8-18(16,17)12-10(13)5-3-7-15-12/h2-7H,8,13H2,1H3. The lowest BCUT2D eigenvalue weighted by Crippen LogP contribution is -2.11. The Labute approximate surface area is 106 Å². The third-order valence-corrected chi connectivity index (χ3v) is 4.12. The minimum absolute atomic E-state index is 0.0879. The Bertz CT molecular complexity index is 669. The van der Waals surface area contributed by atoms with Crippen molar-refractivity contribution in [2.45, 2.75) is 17.7 Å². The monoisotopic (exact) mass is 263 g/mol. The normalized spacial score (nSPS) is 11.4. The predicted molar refractivity (Wildman–Crippen MR) is 68.5 cm³/mol. The maximum atomic E-state index is 12.2. The van der Waals surface area contributed by atoms with Gasteiger partial charge < -0.3 is 5.73 Å². The summed E-state index contributed by atoms with van der Waals surface area (Å²) < 4.78 is 24.4. The van der Waals surface area contributed by atoms with Crippen molar-refractivity contribution in [3.05, 3.63) is 47.9 Å². The molecular formula is C12H13N3O2S. The number of hydrogen-bond donors (Lipinski definition) is 1. The molecule has 0 saturated carbocycles. The summed E-state index contributed by atoms with van der Waals surface area (Å²) in [7, 11) is -3.57. The van der Waals surface area contributed by atoms with E-state index in [1.165, 1.54) is 12.3 Å². The van der Waals surface area contributed by atoms with E-state index in [9.17, 15) is 8.42 Å². The van der Waals surface area contributed by atoms with Gasteiger partial charge in [-0.1, -0.05) is 6.07 Å². The fourth-order valence-electron chi connectivity index (χ4n) is 1.58. The van der Waals surface area contributed by atoms with Crippen molar-refractivity contribution >= 4 is 15.5 Å². The van der Waals surface area contributed by atoms with Crippen molar-refractivity contribution in [3.8, 4) is 0 Å². The van der Waals surface area contributed by atoms with E-state index < -0.39 is 9.84 Å². The van der Waals surface area contributed by atoms with Gasteiger partial charge in [-0.25, -0.2) is 13.4 Å². The summed E-state index contributed by atoms with van der Waals surface area (Å²) in [5.74, 6) is -0.194. The summed E-state index contributed by atoms with van der Waals surface area (Å²) >= 11 is 0. The first kappa shape index (κ1) is 12.5. The van der Waals surface area contributed by atoms with Crippen LogP contribution in [0.15, 0.2) is 41.7 Å². The van der Waals surface area contributed by atoms with Crippen LogP contribution in [0.4, 0.5) is 5.69 Å². The third kappa shape index (κ3) is 2.48. The molecule has 94 valence electrons. The molecule has 2 aromatic rings. The molecule has 0 aliphatic rings. The van der Waals surface area contributed by atoms with Gasteiger partial charge in [-0.05, 0) is 30.7 Å². The summed E-state index contributed by atoms with van der Waals surface area (Å²) in [6.07, 6.45) is 2.98. The fourth-order valence-corrected chi connectivity index (χ4v) is 3.03. The minimum atomic E-state index is -3.57. The molecule has 0 atom stereocenters. The van der Waals surface area contributed by atoms with Crippen LogP contribution in [0.25, 0.3) is 0 Å². The van der Waals surface area contributed by atoms with E-state index in [4.69, 9.17) is 5.73 Å². The molecule has 2 N–H and O–H groups in total. The van der Waals surface area contributed by atoms with Crippen molar-refractivity contribution in [1.82, 2.24) is 9.97 Å². The molecule has 0 radical (unpaired) electrons. The van der Waals surface area contributed by atoms with Gasteiger partial charge in [-0.2, -0.15) is 0 Å². The Hall–Kier alpha value is -1.95. The molecule has 5 nitrogen and oxygen atoms in total. The maximum absolute atomic E-state index is 12.2. The van der Waals surface area contributed by atoms with Gasteiger partial charge in [0.15, 0.2) is 5.03 Å². The number of aryl methyl sites for hydroxylation is 1. The highest BCUT2D eigenvalue weighted by atomic mass is 32.2. The first-order chi connectivity index (χ1) is 8.50. The lowest BCUT2D eigenvalue weighted by Gasteiger charge is -2.07. The summed E-state index contributed by atoms with van der Waals surface area (Å²) in [5, 5.41) is -0.0879. The zero-order valence-corrected chi connectivity index (χ0v) is 10.7. The number of sulfone groups is 1. The van der Waals surface area contributed by atoms with Crippen molar-refractivity contribution in [3.63, 3.8) is 0 Å². The number of pyridine rings is 2. The van der Waals surface area contributed by atoms with Gasteiger partial charge in [-0.15, -0.1) is 0 Å². The van der Waals surface area contributed by atoms with E-state index in [1.54, 1.807) is 18.3 Å². The zero-order chi connectivity index (χ0) is 13.2. The topological polar surface area (TPSA) is 85.9 Å². The smallest absolute Gasteiger partial charge is 0.203 e. The van der Waals surface area contributed by atoms with Crippen molar-refractivity contribution in [1.29, 1.82) is 0 Å². The molecule has 0 bridgehead atoms. The van der Waals surface area contributed by atoms with Gasteiger partial charge >= 0.3 is 0 Å². The average Bonchev–Trinajstić information content (AvgIpc) is 2.32. The van der Waals surface area contributed by atoms with Crippen LogP contribution < -0.4 is 5.73 Å². The number of rotatable bonds is 3. The van der Waals surface area contributed by atoms with Crippen molar-refractivity contribution in [2.75, 3.05) is 5.73 Å². The molecule has 0 fully saturated rings. The second-order valence-electron chi connectivity index (χ2n) is 3.92. The molecule has 0 aromatic carbocycles. The Kier molecular flexibility index (Phi) is 3.29. The van der Waals surface area contributed by atoms with Gasteiger partial charge in [0, 0.05) is 12.4 Å². The van der Waals surface area contributed by atoms with Gasteiger partial charge in [0.1, 0.15) is 0 Å². The molecule has 0 saturated heterocycles. The molecule has 0 unspecified atom stereocenters. The van der Waals surface area contributed by atoms with Gasteiger partial charge in [0.25, 0.3) is 0 Å². The van der Waals surface area contributed by atoms with E-state index in [0.29, 0.717) is 5.69 Å².